The van der Waals surface area contributed by atoms with E-state index < -0.39 is 23.4 Å². The van der Waals surface area contributed by atoms with E-state index in [9.17, 15) is 22.4 Å². The summed E-state index contributed by atoms with van der Waals surface area (Å²) in [7, 11) is 0. The Bertz CT molecular complexity index is 1080. The second-order valence-corrected chi connectivity index (χ2v) is 7.82. The molecule has 29 heavy (non-hydrogen) atoms. The smallest absolute Gasteiger partial charge is 0.345 e. The van der Waals surface area contributed by atoms with Crippen molar-refractivity contribution < 1.29 is 22.4 Å². The molecule has 1 unspecified atom stereocenters. The van der Waals surface area contributed by atoms with E-state index in [1.807, 2.05) is 5.32 Å². The van der Waals surface area contributed by atoms with Crippen LogP contribution in [0.2, 0.25) is 0 Å². The highest BCUT2D eigenvalue weighted by Gasteiger charge is 2.43. The van der Waals surface area contributed by atoms with Gasteiger partial charge in [-0.05, 0) is 53.8 Å². The van der Waals surface area contributed by atoms with Gasteiger partial charge in [0.05, 0.1) is 0 Å². The Morgan fingerprint density at radius 2 is 2.00 bits per heavy atom. The molecule has 0 aliphatic carbocycles. The summed E-state index contributed by atoms with van der Waals surface area (Å²) < 4.78 is 51.4. The van der Waals surface area contributed by atoms with Gasteiger partial charge >= 0.3 is 6.18 Å². The van der Waals surface area contributed by atoms with E-state index in [1.54, 1.807) is 46.5 Å². The lowest BCUT2D eigenvalue weighted by molar-refractivity contribution is -0.139. The minimum atomic E-state index is -4.48. The largest absolute Gasteiger partial charge is 0.405 e. The molecular formula is C20H15F4N3OS. The molecule has 0 spiro atoms. The number of rotatable bonds is 4. The molecular weight excluding hydrogens is 406 g/mol. The van der Waals surface area contributed by atoms with E-state index in [0.717, 1.165) is 11.1 Å². The summed E-state index contributed by atoms with van der Waals surface area (Å²) in [6, 6.07) is 9.48. The number of carbonyl (C=O) groups is 1. The summed E-state index contributed by atoms with van der Waals surface area (Å²) in [6.45, 7) is -1.38. The van der Waals surface area contributed by atoms with Crippen LogP contribution in [0.4, 0.5) is 17.6 Å². The van der Waals surface area contributed by atoms with Crippen LogP contribution >= 0.6 is 11.8 Å². The maximum Gasteiger partial charge on any atom is 0.405 e. The fourth-order valence-corrected chi connectivity index (χ4v) is 4.31. The zero-order valence-electron chi connectivity index (χ0n) is 14.9. The highest BCUT2D eigenvalue weighted by atomic mass is 32.2. The lowest BCUT2D eigenvalue weighted by Crippen LogP contribution is -2.44. The number of pyridine rings is 1. The number of benzene rings is 1. The summed E-state index contributed by atoms with van der Waals surface area (Å²) >= 11 is 1.17. The van der Waals surface area contributed by atoms with Crippen LogP contribution in [0.25, 0.3) is 16.7 Å². The highest BCUT2D eigenvalue weighted by Crippen LogP contribution is 2.46. The summed E-state index contributed by atoms with van der Waals surface area (Å²) in [5.74, 6) is -1.05. The number of alkyl halides is 3. The molecule has 4 nitrogen and oxygen atoms in total. The van der Waals surface area contributed by atoms with Gasteiger partial charge in [-0.3, -0.25) is 4.79 Å². The van der Waals surface area contributed by atoms with E-state index >= 15 is 0 Å². The lowest BCUT2D eigenvalue weighted by Gasteiger charge is -2.27. The average molecular weight is 421 g/mol. The topological polar surface area (TPSA) is 46.9 Å². The molecule has 0 saturated carbocycles. The van der Waals surface area contributed by atoms with Crippen LogP contribution in [0.5, 0.6) is 0 Å². The van der Waals surface area contributed by atoms with Crippen molar-refractivity contribution in [3.05, 3.63) is 71.7 Å². The number of nitrogens with one attached hydrogen (secondary N) is 1. The highest BCUT2D eigenvalue weighted by molar-refractivity contribution is 8.04. The number of allylic oxidation sites excluding steroid dienone is 1. The van der Waals surface area contributed by atoms with E-state index in [-0.39, 0.29) is 12.2 Å². The van der Waals surface area contributed by atoms with Gasteiger partial charge in [0, 0.05) is 23.5 Å². The van der Waals surface area contributed by atoms with Gasteiger partial charge in [-0.1, -0.05) is 6.08 Å². The molecule has 2 aromatic heterocycles. The molecule has 0 bridgehead atoms. The molecule has 1 aromatic carbocycles. The van der Waals surface area contributed by atoms with Crippen LogP contribution in [0, 0.1) is 5.82 Å². The second kappa shape index (κ2) is 7.22. The number of amides is 1. The second-order valence-electron chi connectivity index (χ2n) is 6.62. The summed E-state index contributed by atoms with van der Waals surface area (Å²) in [6.07, 6.45) is 0.821. The molecule has 1 atom stereocenters. The van der Waals surface area contributed by atoms with E-state index in [0.29, 0.717) is 11.2 Å². The Balaban J connectivity index is 1.69. The standard InChI is InChI=1S/C20H15F4N3OS/c21-15-2-4-16(5-3-15)27-8-6-13-10-14(11-25-17(13)27)19(7-1-9-29-19)18(28)26-12-20(22,23)24/h1-6,8-11H,7,12H2,(H,26,28). The molecule has 0 radical (unpaired) electrons. The molecule has 3 aromatic rings. The van der Waals surface area contributed by atoms with Crippen molar-refractivity contribution in [3.63, 3.8) is 0 Å². The fourth-order valence-electron chi connectivity index (χ4n) is 3.27. The third-order valence-corrected chi connectivity index (χ3v) is 6.00. The molecule has 1 aliphatic heterocycles. The first kappa shape index (κ1) is 19.5. The number of hydrogen-bond acceptors (Lipinski definition) is 3. The first-order valence-corrected chi connectivity index (χ1v) is 9.58. The van der Waals surface area contributed by atoms with E-state index in [4.69, 9.17) is 0 Å². The van der Waals surface area contributed by atoms with Gasteiger partial charge in [0.15, 0.2) is 0 Å². The van der Waals surface area contributed by atoms with Gasteiger partial charge in [0.25, 0.3) is 0 Å². The number of aromatic nitrogens is 2. The first-order valence-electron chi connectivity index (χ1n) is 8.70. The molecule has 1 N–H and O–H groups in total. The van der Waals surface area contributed by atoms with E-state index in [2.05, 4.69) is 4.98 Å². The molecule has 0 fully saturated rings. The van der Waals surface area contributed by atoms with Gasteiger partial charge in [0.2, 0.25) is 5.91 Å². The Morgan fingerprint density at radius 3 is 2.66 bits per heavy atom. The predicted octanol–water partition coefficient (Wildman–Crippen LogP) is 4.69. The number of carbonyl (C=O) groups excluding carboxylic acids is 1. The van der Waals surface area contributed by atoms with Crippen LogP contribution in [0.1, 0.15) is 12.0 Å². The van der Waals surface area contributed by atoms with E-state index in [1.165, 1.54) is 30.1 Å². The van der Waals surface area contributed by atoms with Crippen LogP contribution in [0.3, 0.4) is 0 Å². The zero-order valence-corrected chi connectivity index (χ0v) is 15.7. The van der Waals surface area contributed by atoms with Crippen molar-refractivity contribution in [2.24, 2.45) is 0 Å². The maximum atomic E-state index is 13.2. The fraction of sp³-hybridized carbons (Fsp3) is 0.200. The SMILES string of the molecule is O=C(NCC(F)(F)F)C1(c2cnc3c(ccn3-c3ccc(F)cc3)c2)CC=CS1. The third-order valence-electron chi connectivity index (χ3n) is 4.68. The van der Waals surface area contributed by atoms with Gasteiger partial charge in [-0.2, -0.15) is 13.2 Å². The molecule has 1 amide bonds. The minimum absolute atomic E-state index is 0.271. The Hall–Kier alpha value is -2.81. The van der Waals surface area contributed by atoms with Crippen molar-refractivity contribution in [2.45, 2.75) is 17.3 Å². The Labute approximate surface area is 167 Å². The monoisotopic (exact) mass is 421 g/mol. The molecule has 1 aliphatic rings. The van der Waals surface area contributed by atoms with Crippen LogP contribution in [-0.4, -0.2) is 28.2 Å². The van der Waals surface area contributed by atoms with Crippen LogP contribution in [0.15, 0.2) is 60.3 Å². The quantitative estimate of drug-likeness (QED) is 0.622. The van der Waals surface area contributed by atoms with Gasteiger partial charge < -0.3 is 9.88 Å². The van der Waals surface area contributed by atoms with Crippen molar-refractivity contribution in [1.29, 1.82) is 0 Å². The Kier molecular flexibility index (Phi) is 4.85. The first-order chi connectivity index (χ1) is 13.8. The van der Waals surface area contributed by atoms with Gasteiger partial charge in [-0.25, -0.2) is 9.37 Å². The van der Waals surface area contributed by atoms with Crippen molar-refractivity contribution in [3.8, 4) is 5.69 Å². The summed E-state index contributed by atoms with van der Waals surface area (Å²) in [4.78, 5) is 17.1. The lowest BCUT2D eigenvalue weighted by atomic mass is 9.94. The third kappa shape index (κ3) is 3.74. The number of fused-ring (bicyclic) bond motifs is 1. The number of thioether (sulfide) groups is 1. The normalized spacial score (nSPS) is 19.0. The average Bonchev–Trinajstić information content (AvgIpc) is 3.34. The zero-order chi connectivity index (χ0) is 20.6. The van der Waals surface area contributed by atoms with Crippen LogP contribution < -0.4 is 5.32 Å². The van der Waals surface area contributed by atoms with Crippen molar-refractivity contribution in [1.82, 2.24) is 14.9 Å². The number of nitrogens with zero attached hydrogens (tertiary/aromatic N) is 2. The van der Waals surface area contributed by atoms with Crippen molar-refractivity contribution in [2.75, 3.05) is 6.54 Å². The minimum Gasteiger partial charge on any atom is -0.345 e. The number of halogens is 4. The molecule has 0 saturated heterocycles. The molecule has 4 rings (SSSR count). The molecule has 9 heteroatoms. The summed E-state index contributed by atoms with van der Waals surface area (Å²) in [5, 5.41) is 4.43. The maximum absolute atomic E-state index is 13.2. The number of hydrogen-bond donors (Lipinski definition) is 1. The molecule has 150 valence electrons. The van der Waals surface area contributed by atoms with Gasteiger partial charge in [0.1, 0.15) is 22.8 Å². The predicted molar refractivity (Wildman–Crippen MR) is 103 cm³/mol. The Morgan fingerprint density at radius 1 is 1.24 bits per heavy atom. The van der Waals surface area contributed by atoms with Crippen molar-refractivity contribution >= 4 is 28.7 Å². The summed E-state index contributed by atoms with van der Waals surface area (Å²) in [5.41, 5.74) is 1.84. The van der Waals surface area contributed by atoms with Crippen LogP contribution in [-0.2, 0) is 9.54 Å². The van der Waals surface area contributed by atoms with Gasteiger partial charge in [-0.15, -0.1) is 11.8 Å². The molecule has 3 heterocycles.